The van der Waals surface area contributed by atoms with E-state index in [-0.39, 0.29) is 5.41 Å². The topological polar surface area (TPSA) is 20.2 Å². The van der Waals surface area contributed by atoms with Gasteiger partial charge < -0.3 is 5.11 Å². The SMILES string of the molecule is C=C(O)C1(C)CCC(CCc2ccccc2)CC1. The molecule has 1 nitrogen and oxygen atoms in total. The standard InChI is InChI=1S/C17H24O/c1-14(18)17(2)12-10-16(11-13-17)9-8-15-6-4-3-5-7-15/h3-7,16,18H,1,8-13H2,2H3. The highest BCUT2D eigenvalue weighted by molar-refractivity contribution is 5.14. The van der Waals surface area contributed by atoms with Crippen molar-refractivity contribution in [1.29, 1.82) is 0 Å². The summed E-state index contributed by atoms with van der Waals surface area (Å²) in [6.45, 7) is 5.87. The Morgan fingerprint density at radius 1 is 1.28 bits per heavy atom. The van der Waals surface area contributed by atoms with E-state index in [1.54, 1.807) is 0 Å². The molecule has 0 atom stereocenters. The van der Waals surface area contributed by atoms with E-state index < -0.39 is 0 Å². The van der Waals surface area contributed by atoms with Gasteiger partial charge in [0, 0.05) is 5.41 Å². The van der Waals surface area contributed by atoms with Gasteiger partial charge in [-0.3, -0.25) is 0 Å². The molecule has 0 bridgehead atoms. The van der Waals surface area contributed by atoms with E-state index in [1.807, 2.05) is 0 Å². The third kappa shape index (κ3) is 3.16. The van der Waals surface area contributed by atoms with Gasteiger partial charge >= 0.3 is 0 Å². The van der Waals surface area contributed by atoms with Gasteiger partial charge in [0.2, 0.25) is 0 Å². The van der Waals surface area contributed by atoms with E-state index in [2.05, 4.69) is 43.8 Å². The van der Waals surface area contributed by atoms with E-state index in [9.17, 15) is 5.11 Å². The Morgan fingerprint density at radius 3 is 2.44 bits per heavy atom. The van der Waals surface area contributed by atoms with E-state index in [0.29, 0.717) is 5.76 Å². The van der Waals surface area contributed by atoms with Crippen LogP contribution >= 0.6 is 0 Å². The summed E-state index contributed by atoms with van der Waals surface area (Å²) in [6.07, 6.45) is 7.08. The quantitative estimate of drug-likeness (QED) is 0.748. The second kappa shape index (κ2) is 5.60. The third-order valence-electron chi connectivity index (χ3n) is 4.59. The molecule has 1 saturated carbocycles. The van der Waals surface area contributed by atoms with Crippen LogP contribution in [0.4, 0.5) is 0 Å². The molecule has 0 saturated heterocycles. The van der Waals surface area contributed by atoms with Gasteiger partial charge in [0.15, 0.2) is 0 Å². The Balaban J connectivity index is 1.79. The summed E-state index contributed by atoms with van der Waals surface area (Å²) < 4.78 is 0. The molecule has 0 spiro atoms. The summed E-state index contributed by atoms with van der Waals surface area (Å²) in [4.78, 5) is 0. The molecule has 1 heteroatoms. The second-order valence-corrected chi connectivity index (χ2v) is 5.98. The van der Waals surface area contributed by atoms with Gasteiger partial charge in [-0.2, -0.15) is 0 Å². The van der Waals surface area contributed by atoms with Crippen LogP contribution in [0, 0.1) is 11.3 Å². The third-order valence-corrected chi connectivity index (χ3v) is 4.59. The first-order chi connectivity index (χ1) is 8.60. The van der Waals surface area contributed by atoms with Crippen LogP contribution in [0.5, 0.6) is 0 Å². The molecule has 2 rings (SSSR count). The molecule has 0 aromatic heterocycles. The number of hydrogen-bond donors (Lipinski definition) is 1. The summed E-state index contributed by atoms with van der Waals surface area (Å²) in [7, 11) is 0. The van der Waals surface area contributed by atoms with Gasteiger partial charge in [-0.05, 0) is 50.0 Å². The molecule has 98 valence electrons. The predicted molar refractivity (Wildman–Crippen MR) is 76.6 cm³/mol. The van der Waals surface area contributed by atoms with Crippen LogP contribution in [-0.2, 0) is 6.42 Å². The lowest BCUT2D eigenvalue weighted by atomic mass is 9.70. The number of aryl methyl sites for hydroxylation is 1. The van der Waals surface area contributed by atoms with Gasteiger partial charge in [-0.1, -0.05) is 43.8 Å². The van der Waals surface area contributed by atoms with Gasteiger partial charge in [0.05, 0.1) is 5.76 Å². The van der Waals surface area contributed by atoms with E-state index in [0.717, 1.165) is 18.8 Å². The van der Waals surface area contributed by atoms with E-state index in [4.69, 9.17) is 0 Å². The molecule has 0 aliphatic heterocycles. The maximum atomic E-state index is 9.64. The first kappa shape index (κ1) is 13.2. The average Bonchev–Trinajstić information content (AvgIpc) is 2.39. The molecule has 1 N–H and O–H groups in total. The van der Waals surface area contributed by atoms with E-state index in [1.165, 1.54) is 31.2 Å². The van der Waals surface area contributed by atoms with Crippen molar-refractivity contribution in [2.75, 3.05) is 0 Å². The average molecular weight is 244 g/mol. The number of benzene rings is 1. The van der Waals surface area contributed by atoms with Crippen molar-refractivity contribution in [2.45, 2.75) is 45.4 Å². The second-order valence-electron chi connectivity index (χ2n) is 5.98. The minimum Gasteiger partial charge on any atom is -0.512 e. The Kier molecular flexibility index (Phi) is 4.11. The van der Waals surface area contributed by atoms with Crippen molar-refractivity contribution < 1.29 is 5.11 Å². The Labute approximate surface area is 111 Å². The summed E-state index contributed by atoms with van der Waals surface area (Å²) in [5, 5.41) is 9.64. The van der Waals surface area contributed by atoms with Crippen LogP contribution < -0.4 is 0 Å². The Morgan fingerprint density at radius 2 is 1.89 bits per heavy atom. The molecule has 1 aliphatic rings. The molecular formula is C17H24O. The van der Waals surface area contributed by atoms with E-state index >= 15 is 0 Å². The number of rotatable bonds is 4. The Hall–Kier alpha value is -1.24. The van der Waals surface area contributed by atoms with Gasteiger partial charge in [0.1, 0.15) is 0 Å². The van der Waals surface area contributed by atoms with Crippen LogP contribution in [0.25, 0.3) is 0 Å². The number of allylic oxidation sites excluding steroid dienone is 1. The summed E-state index contributed by atoms with van der Waals surface area (Å²) in [5.41, 5.74) is 1.42. The molecule has 1 aromatic rings. The molecule has 1 aliphatic carbocycles. The monoisotopic (exact) mass is 244 g/mol. The minimum absolute atomic E-state index is 0.0246. The first-order valence-electron chi connectivity index (χ1n) is 7.02. The fourth-order valence-electron chi connectivity index (χ4n) is 2.91. The number of hydrogen-bond acceptors (Lipinski definition) is 1. The molecule has 0 radical (unpaired) electrons. The van der Waals surface area contributed by atoms with Crippen LogP contribution in [0.1, 0.15) is 44.6 Å². The largest absolute Gasteiger partial charge is 0.512 e. The molecule has 18 heavy (non-hydrogen) atoms. The summed E-state index contributed by atoms with van der Waals surface area (Å²) in [6, 6.07) is 10.7. The zero-order valence-corrected chi connectivity index (χ0v) is 11.4. The highest BCUT2D eigenvalue weighted by Crippen LogP contribution is 2.43. The van der Waals surface area contributed by atoms with Crippen molar-refractivity contribution in [3.63, 3.8) is 0 Å². The summed E-state index contributed by atoms with van der Waals surface area (Å²) >= 11 is 0. The minimum atomic E-state index is -0.0246. The number of aliphatic hydroxyl groups excluding tert-OH is 1. The van der Waals surface area contributed by atoms with Crippen LogP contribution in [0.2, 0.25) is 0 Å². The van der Waals surface area contributed by atoms with Gasteiger partial charge in [0.25, 0.3) is 0 Å². The number of aliphatic hydroxyl groups is 1. The van der Waals surface area contributed by atoms with Gasteiger partial charge in [-0.15, -0.1) is 0 Å². The maximum absolute atomic E-state index is 9.64. The fourth-order valence-corrected chi connectivity index (χ4v) is 2.91. The van der Waals surface area contributed by atoms with Crippen molar-refractivity contribution >= 4 is 0 Å². The molecule has 1 fully saturated rings. The fraction of sp³-hybridized carbons (Fsp3) is 0.529. The Bertz CT molecular complexity index is 385. The van der Waals surface area contributed by atoms with Crippen LogP contribution in [0.15, 0.2) is 42.7 Å². The maximum Gasteiger partial charge on any atom is 0.0909 e. The molecular weight excluding hydrogens is 220 g/mol. The van der Waals surface area contributed by atoms with Crippen molar-refractivity contribution in [1.82, 2.24) is 0 Å². The lowest BCUT2D eigenvalue weighted by Crippen LogP contribution is -2.26. The highest BCUT2D eigenvalue weighted by Gasteiger charge is 2.33. The van der Waals surface area contributed by atoms with Gasteiger partial charge in [-0.25, -0.2) is 0 Å². The zero-order chi connectivity index (χ0) is 13.0. The normalized spacial score (nSPS) is 27.9. The zero-order valence-electron chi connectivity index (χ0n) is 11.4. The van der Waals surface area contributed by atoms with Crippen molar-refractivity contribution in [3.05, 3.63) is 48.2 Å². The molecule has 0 unspecified atom stereocenters. The lowest BCUT2D eigenvalue weighted by Gasteiger charge is -2.36. The van der Waals surface area contributed by atoms with Crippen molar-refractivity contribution in [2.24, 2.45) is 11.3 Å². The molecule has 0 heterocycles. The lowest BCUT2D eigenvalue weighted by molar-refractivity contribution is 0.143. The summed E-state index contributed by atoms with van der Waals surface area (Å²) in [5.74, 6) is 1.20. The van der Waals surface area contributed by atoms with Crippen LogP contribution in [0.3, 0.4) is 0 Å². The molecule has 1 aromatic carbocycles. The highest BCUT2D eigenvalue weighted by atomic mass is 16.3. The van der Waals surface area contributed by atoms with Crippen LogP contribution in [-0.4, -0.2) is 5.11 Å². The smallest absolute Gasteiger partial charge is 0.0909 e. The first-order valence-corrected chi connectivity index (χ1v) is 7.02. The molecule has 0 amide bonds. The van der Waals surface area contributed by atoms with Crippen molar-refractivity contribution in [3.8, 4) is 0 Å². The predicted octanol–water partition coefficient (Wildman–Crippen LogP) is 4.89.